The predicted molar refractivity (Wildman–Crippen MR) is 61.4 cm³/mol. The lowest BCUT2D eigenvalue weighted by Crippen LogP contribution is -2.55. The minimum Gasteiger partial charge on any atom is -0.310 e. The summed E-state index contributed by atoms with van der Waals surface area (Å²) < 4.78 is 22.6. The van der Waals surface area contributed by atoms with Gasteiger partial charge in [-0.3, -0.25) is 4.90 Å². The normalized spacial score (nSPS) is 35.2. The number of sulfone groups is 1. The van der Waals surface area contributed by atoms with Gasteiger partial charge >= 0.3 is 0 Å². The van der Waals surface area contributed by atoms with Gasteiger partial charge in [-0.1, -0.05) is 0 Å². The Morgan fingerprint density at radius 1 is 1.29 bits per heavy atom. The van der Waals surface area contributed by atoms with Crippen molar-refractivity contribution in [1.29, 1.82) is 0 Å². The van der Waals surface area contributed by atoms with Gasteiger partial charge < -0.3 is 5.32 Å². The Labute approximate surface area is 97.2 Å². The van der Waals surface area contributed by atoms with Crippen LogP contribution < -0.4 is 5.32 Å². The molecule has 0 aromatic carbocycles. The fourth-order valence-electron chi connectivity index (χ4n) is 2.05. The monoisotopic (exact) mass is 262 g/mol. The van der Waals surface area contributed by atoms with E-state index in [1.165, 1.54) is 0 Å². The standard InChI is InChI=1S/C7H14N2O2S.2ClH/c1-9-3-2-8-6-4-12(10,11)5-7(6)9;;/h6-8H,2-5H2,1H3;2*1H. The Hall–Kier alpha value is 0.450. The molecule has 0 bridgehead atoms. The van der Waals surface area contributed by atoms with Crippen molar-refractivity contribution in [3.05, 3.63) is 0 Å². The van der Waals surface area contributed by atoms with Gasteiger partial charge in [-0.05, 0) is 7.05 Å². The van der Waals surface area contributed by atoms with Crippen LogP contribution in [-0.4, -0.2) is 57.0 Å². The summed E-state index contributed by atoms with van der Waals surface area (Å²) in [4.78, 5) is 2.14. The molecule has 2 saturated heterocycles. The number of rotatable bonds is 0. The fourth-order valence-corrected chi connectivity index (χ4v) is 4.08. The zero-order valence-corrected chi connectivity index (χ0v) is 10.4. The molecule has 2 fully saturated rings. The smallest absolute Gasteiger partial charge is 0.153 e. The first-order valence-electron chi connectivity index (χ1n) is 4.22. The molecular formula is C7H16Cl2N2O2S. The molecule has 4 nitrogen and oxygen atoms in total. The average molecular weight is 263 g/mol. The van der Waals surface area contributed by atoms with Crippen LogP contribution in [0.25, 0.3) is 0 Å². The molecule has 2 heterocycles. The van der Waals surface area contributed by atoms with Crippen LogP contribution in [0.4, 0.5) is 0 Å². The summed E-state index contributed by atoms with van der Waals surface area (Å²) >= 11 is 0. The molecule has 2 aliphatic rings. The molecule has 0 amide bonds. The van der Waals surface area contributed by atoms with E-state index in [2.05, 4.69) is 10.2 Å². The van der Waals surface area contributed by atoms with E-state index in [0.29, 0.717) is 11.5 Å². The third-order valence-electron chi connectivity index (χ3n) is 2.76. The first-order chi connectivity index (χ1) is 5.58. The lowest BCUT2D eigenvalue weighted by molar-refractivity contribution is 0.185. The van der Waals surface area contributed by atoms with Crippen molar-refractivity contribution in [2.75, 3.05) is 31.6 Å². The Balaban J connectivity index is 0.000000845. The third-order valence-corrected chi connectivity index (χ3v) is 4.48. The molecule has 2 atom stereocenters. The highest BCUT2D eigenvalue weighted by Crippen LogP contribution is 2.19. The Bertz CT molecular complexity index is 283. The summed E-state index contributed by atoms with van der Waals surface area (Å²) in [6, 6.07) is 0.387. The van der Waals surface area contributed by atoms with Crippen molar-refractivity contribution in [3.63, 3.8) is 0 Å². The average Bonchev–Trinajstić information content (AvgIpc) is 2.25. The van der Waals surface area contributed by atoms with Crippen LogP contribution >= 0.6 is 24.8 Å². The molecule has 0 aromatic rings. The molecule has 86 valence electrons. The summed E-state index contributed by atoms with van der Waals surface area (Å²) in [6.07, 6.45) is 0. The number of hydrogen-bond acceptors (Lipinski definition) is 4. The first-order valence-corrected chi connectivity index (χ1v) is 6.05. The summed E-state index contributed by atoms with van der Waals surface area (Å²) in [5, 5.41) is 3.25. The molecule has 7 heteroatoms. The molecule has 0 saturated carbocycles. The maximum absolute atomic E-state index is 11.3. The summed E-state index contributed by atoms with van der Waals surface area (Å²) in [5.74, 6) is 0.656. The number of likely N-dealkylation sites (N-methyl/N-ethyl adjacent to an activating group) is 1. The highest BCUT2D eigenvalue weighted by Gasteiger charge is 2.41. The number of piperazine rings is 1. The number of hydrogen-bond donors (Lipinski definition) is 1. The second kappa shape index (κ2) is 4.99. The van der Waals surface area contributed by atoms with Gasteiger partial charge in [0, 0.05) is 25.2 Å². The summed E-state index contributed by atoms with van der Waals surface area (Å²) in [7, 11) is -0.767. The molecular weight excluding hydrogens is 247 g/mol. The van der Waals surface area contributed by atoms with Crippen molar-refractivity contribution >= 4 is 34.7 Å². The summed E-state index contributed by atoms with van der Waals surface area (Å²) in [5.41, 5.74) is 0. The summed E-state index contributed by atoms with van der Waals surface area (Å²) in [6.45, 7) is 1.86. The molecule has 1 N–H and O–H groups in total. The van der Waals surface area contributed by atoms with Gasteiger partial charge in [0.15, 0.2) is 9.84 Å². The minimum atomic E-state index is -2.77. The van der Waals surface area contributed by atoms with Gasteiger partial charge in [0.05, 0.1) is 11.5 Å². The number of halogens is 2. The minimum absolute atomic E-state index is 0. The lowest BCUT2D eigenvalue weighted by atomic mass is 10.1. The van der Waals surface area contributed by atoms with Crippen molar-refractivity contribution in [2.24, 2.45) is 0 Å². The predicted octanol–water partition coefficient (Wildman–Crippen LogP) is -0.469. The molecule has 2 unspecified atom stereocenters. The van der Waals surface area contributed by atoms with E-state index < -0.39 is 9.84 Å². The zero-order chi connectivity index (χ0) is 8.77. The first kappa shape index (κ1) is 14.5. The Morgan fingerprint density at radius 3 is 2.50 bits per heavy atom. The van der Waals surface area contributed by atoms with E-state index in [4.69, 9.17) is 0 Å². The van der Waals surface area contributed by atoms with Gasteiger partial charge in [0.2, 0.25) is 0 Å². The van der Waals surface area contributed by atoms with Crippen LogP contribution in [0.15, 0.2) is 0 Å². The van der Waals surface area contributed by atoms with E-state index >= 15 is 0 Å². The largest absolute Gasteiger partial charge is 0.310 e. The van der Waals surface area contributed by atoms with Crippen LogP contribution in [0.3, 0.4) is 0 Å². The van der Waals surface area contributed by atoms with Gasteiger partial charge in [0.25, 0.3) is 0 Å². The third kappa shape index (κ3) is 2.73. The van der Waals surface area contributed by atoms with E-state index in [1.807, 2.05) is 7.05 Å². The number of nitrogens with one attached hydrogen (secondary N) is 1. The van der Waals surface area contributed by atoms with E-state index in [9.17, 15) is 8.42 Å². The highest BCUT2D eigenvalue weighted by molar-refractivity contribution is 7.91. The molecule has 2 rings (SSSR count). The van der Waals surface area contributed by atoms with Crippen LogP contribution in [0, 0.1) is 0 Å². The van der Waals surface area contributed by atoms with E-state index in [1.54, 1.807) is 0 Å². The van der Waals surface area contributed by atoms with Crippen molar-refractivity contribution < 1.29 is 8.42 Å². The van der Waals surface area contributed by atoms with Gasteiger partial charge in [0.1, 0.15) is 0 Å². The molecule has 2 aliphatic heterocycles. The molecule has 0 aliphatic carbocycles. The number of fused-ring (bicyclic) bond motifs is 1. The van der Waals surface area contributed by atoms with Crippen LogP contribution in [0.5, 0.6) is 0 Å². The molecule has 14 heavy (non-hydrogen) atoms. The maximum atomic E-state index is 11.3. The Kier molecular flexibility index (Phi) is 5.15. The maximum Gasteiger partial charge on any atom is 0.153 e. The van der Waals surface area contributed by atoms with Crippen LogP contribution in [-0.2, 0) is 9.84 Å². The van der Waals surface area contributed by atoms with Crippen LogP contribution in [0.2, 0.25) is 0 Å². The number of nitrogens with zero attached hydrogens (tertiary/aromatic N) is 1. The van der Waals surface area contributed by atoms with E-state index in [0.717, 1.165) is 13.1 Å². The Morgan fingerprint density at radius 2 is 1.93 bits per heavy atom. The van der Waals surface area contributed by atoms with Gasteiger partial charge in [-0.25, -0.2) is 8.42 Å². The molecule has 0 spiro atoms. The topological polar surface area (TPSA) is 49.4 Å². The van der Waals surface area contributed by atoms with Gasteiger partial charge in [-0.2, -0.15) is 0 Å². The lowest BCUT2D eigenvalue weighted by Gasteiger charge is -2.34. The van der Waals surface area contributed by atoms with Gasteiger partial charge in [-0.15, -0.1) is 24.8 Å². The fraction of sp³-hybridized carbons (Fsp3) is 1.00. The quantitative estimate of drug-likeness (QED) is 0.642. The zero-order valence-electron chi connectivity index (χ0n) is 7.97. The second-order valence-corrected chi connectivity index (χ2v) is 5.84. The van der Waals surface area contributed by atoms with E-state index in [-0.39, 0.29) is 36.9 Å². The van der Waals surface area contributed by atoms with Crippen molar-refractivity contribution in [1.82, 2.24) is 10.2 Å². The van der Waals surface area contributed by atoms with Crippen LogP contribution in [0.1, 0.15) is 0 Å². The second-order valence-electron chi connectivity index (χ2n) is 3.69. The SMILES string of the molecule is CN1CCNC2CS(=O)(=O)CC21.Cl.Cl. The highest BCUT2D eigenvalue weighted by atomic mass is 35.5. The molecule has 0 aromatic heterocycles. The van der Waals surface area contributed by atoms with Crippen molar-refractivity contribution in [2.45, 2.75) is 12.1 Å². The van der Waals surface area contributed by atoms with Crippen molar-refractivity contribution in [3.8, 4) is 0 Å². The molecule has 0 radical (unpaired) electrons.